The van der Waals surface area contributed by atoms with Gasteiger partial charge in [-0.25, -0.2) is 0 Å². The molecule has 0 bridgehead atoms. The van der Waals surface area contributed by atoms with Gasteiger partial charge in [0.25, 0.3) is 0 Å². The molecule has 0 aromatic heterocycles. The van der Waals surface area contributed by atoms with E-state index in [0.717, 1.165) is 45.1 Å². The average molecular weight is 399 g/mol. The number of hydrogen-bond acceptors (Lipinski definition) is 4. The number of rotatable bonds is 14. The SMILES string of the molecule is CCCCCCCCON1C(C)(C)CC(NC(=O)CCCCCO)CC1(C)C. The Morgan fingerprint density at radius 3 is 2.14 bits per heavy atom. The van der Waals surface area contributed by atoms with Crippen LogP contribution in [0.2, 0.25) is 0 Å². The second kappa shape index (κ2) is 12.8. The monoisotopic (exact) mass is 398 g/mol. The molecule has 5 heteroatoms. The van der Waals surface area contributed by atoms with Gasteiger partial charge in [0.1, 0.15) is 0 Å². The lowest BCUT2D eigenvalue weighted by molar-refractivity contribution is -0.284. The summed E-state index contributed by atoms with van der Waals surface area (Å²) in [7, 11) is 0. The van der Waals surface area contributed by atoms with Crippen LogP contribution in [0.25, 0.3) is 0 Å². The van der Waals surface area contributed by atoms with Crippen molar-refractivity contribution < 1.29 is 14.7 Å². The van der Waals surface area contributed by atoms with Gasteiger partial charge in [0.2, 0.25) is 5.91 Å². The molecule has 0 atom stereocenters. The molecular formula is C23H46N2O3. The van der Waals surface area contributed by atoms with Gasteiger partial charge in [0.15, 0.2) is 0 Å². The van der Waals surface area contributed by atoms with Gasteiger partial charge in [-0.2, -0.15) is 5.06 Å². The van der Waals surface area contributed by atoms with Crippen molar-refractivity contribution >= 4 is 5.91 Å². The minimum atomic E-state index is -0.112. The number of aliphatic hydroxyl groups is 1. The van der Waals surface area contributed by atoms with E-state index in [1.807, 2.05) is 0 Å². The summed E-state index contributed by atoms with van der Waals surface area (Å²) in [4.78, 5) is 18.5. The van der Waals surface area contributed by atoms with Gasteiger partial charge in [0.05, 0.1) is 6.61 Å². The Labute approximate surface area is 173 Å². The topological polar surface area (TPSA) is 61.8 Å². The Kier molecular flexibility index (Phi) is 11.6. The lowest BCUT2D eigenvalue weighted by Gasteiger charge is -2.53. The Balaban J connectivity index is 2.43. The fraction of sp³-hybridized carbons (Fsp3) is 0.957. The van der Waals surface area contributed by atoms with E-state index in [1.165, 1.54) is 32.1 Å². The molecule has 0 spiro atoms. The van der Waals surface area contributed by atoms with Crippen molar-refractivity contribution in [1.82, 2.24) is 10.4 Å². The van der Waals surface area contributed by atoms with E-state index in [9.17, 15) is 4.79 Å². The summed E-state index contributed by atoms with van der Waals surface area (Å²) < 4.78 is 0. The van der Waals surface area contributed by atoms with Crippen molar-refractivity contribution in [2.45, 2.75) is 129 Å². The lowest BCUT2D eigenvalue weighted by Crippen LogP contribution is -2.64. The van der Waals surface area contributed by atoms with E-state index in [-0.39, 0.29) is 29.6 Å². The van der Waals surface area contributed by atoms with Crippen LogP contribution >= 0.6 is 0 Å². The molecule has 0 unspecified atom stereocenters. The molecule has 2 N–H and O–H groups in total. The van der Waals surface area contributed by atoms with Gasteiger partial charge >= 0.3 is 0 Å². The number of hydrogen-bond donors (Lipinski definition) is 2. The van der Waals surface area contributed by atoms with Crippen LogP contribution in [-0.4, -0.2) is 46.4 Å². The second-order valence-corrected chi connectivity index (χ2v) is 9.73. The van der Waals surface area contributed by atoms with Gasteiger partial charge in [-0.15, -0.1) is 0 Å². The van der Waals surface area contributed by atoms with Gasteiger partial charge in [-0.05, 0) is 59.8 Å². The van der Waals surface area contributed by atoms with E-state index in [0.29, 0.717) is 6.42 Å². The number of hydroxylamine groups is 2. The highest BCUT2D eigenvalue weighted by Gasteiger charge is 2.46. The molecule has 1 saturated heterocycles. The Morgan fingerprint density at radius 1 is 0.964 bits per heavy atom. The fourth-order valence-electron chi connectivity index (χ4n) is 4.63. The van der Waals surface area contributed by atoms with Crippen LogP contribution in [0.1, 0.15) is 112 Å². The second-order valence-electron chi connectivity index (χ2n) is 9.73. The maximum atomic E-state index is 12.3. The minimum Gasteiger partial charge on any atom is -0.396 e. The zero-order valence-corrected chi connectivity index (χ0v) is 19.2. The summed E-state index contributed by atoms with van der Waals surface area (Å²) in [5.41, 5.74) is -0.225. The molecule has 0 aromatic carbocycles. The summed E-state index contributed by atoms with van der Waals surface area (Å²) >= 11 is 0. The van der Waals surface area contributed by atoms with Crippen molar-refractivity contribution in [2.24, 2.45) is 0 Å². The largest absolute Gasteiger partial charge is 0.396 e. The Morgan fingerprint density at radius 2 is 1.54 bits per heavy atom. The predicted octanol–water partition coefficient (Wildman–Crippen LogP) is 4.97. The number of piperidine rings is 1. The summed E-state index contributed by atoms with van der Waals surface area (Å²) in [5, 5.41) is 14.3. The number of nitrogens with zero attached hydrogens (tertiary/aromatic N) is 1. The number of nitrogens with one attached hydrogen (secondary N) is 1. The van der Waals surface area contributed by atoms with Gasteiger partial charge in [-0.3, -0.25) is 9.63 Å². The minimum absolute atomic E-state index is 0.112. The summed E-state index contributed by atoms with van der Waals surface area (Å²) in [6.07, 6.45) is 12.5. The van der Waals surface area contributed by atoms with Crippen LogP contribution in [0.4, 0.5) is 0 Å². The van der Waals surface area contributed by atoms with E-state index in [1.54, 1.807) is 0 Å². The number of aliphatic hydroxyl groups excluding tert-OH is 1. The van der Waals surface area contributed by atoms with Crippen LogP contribution in [0.3, 0.4) is 0 Å². The fourth-order valence-corrected chi connectivity index (χ4v) is 4.63. The molecular weight excluding hydrogens is 352 g/mol. The highest BCUT2D eigenvalue weighted by Crippen LogP contribution is 2.38. The number of carbonyl (C=O) groups is 1. The number of amides is 1. The molecule has 1 amide bonds. The summed E-state index contributed by atoms with van der Waals surface area (Å²) in [6.45, 7) is 12.1. The van der Waals surface area contributed by atoms with Crippen LogP contribution in [0.15, 0.2) is 0 Å². The molecule has 0 radical (unpaired) electrons. The van der Waals surface area contributed by atoms with Crippen molar-refractivity contribution in [3.63, 3.8) is 0 Å². The lowest BCUT2D eigenvalue weighted by atomic mass is 9.79. The van der Waals surface area contributed by atoms with Crippen LogP contribution in [0.5, 0.6) is 0 Å². The van der Waals surface area contributed by atoms with Crippen LogP contribution in [0, 0.1) is 0 Å². The molecule has 0 aromatic rings. The van der Waals surface area contributed by atoms with E-state index in [2.05, 4.69) is 45.0 Å². The third-order valence-electron chi connectivity index (χ3n) is 5.74. The van der Waals surface area contributed by atoms with Crippen molar-refractivity contribution in [3.8, 4) is 0 Å². The van der Waals surface area contributed by atoms with Crippen molar-refractivity contribution in [3.05, 3.63) is 0 Å². The van der Waals surface area contributed by atoms with Crippen molar-refractivity contribution in [2.75, 3.05) is 13.2 Å². The number of carbonyl (C=O) groups excluding carboxylic acids is 1. The first-order valence-corrected chi connectivity index (χ1v) is 11.6. The standard InChI is InChI=1S/C23H46N2O3/c1-6-7-8-9-10-14-17-28-25-22(2,3)18-20(19-23(25,4)5)24-21(27)15-12-11-13-16-26/h20,26H,6-19H2,1-5H3,(H,24,27). The first kappa shape index (κ1) is 25.4. The molecule has 28 heavy (non-hydrogen) atoms. The molecule has 0 aliphatic carbocycles. The van der Waals surface area contributed by atoms with Crippen molar-refractivity contribution in [1.29, 1.82) is 0 Å². The molecule has 166 valence electrons. The average Bonchev–Trinajstić information content (AvgIpc) is 2.58. The third-order valence-corrected chi connectivity index (χ3v) is 5.74. The predicted molar refractivity (Wildman–Crippen MR) is 116 cm³/mol. The molecule has 1 aliphatic heterocycles. The normalized spacial score (nSPS) is 19.6. The maximum Gasteiger partial charge on any atom is 0.220 e. The first-order valence-electron chi connectivity index (χ1n) is 11.6. The van der Waals surface area contributed by atoms with E-state index < -0.39 is 0 Å². The van der Waals surface area contributed by atoms with Crippen LogP contribution in [-0.2, 0) is 9.63 Å². The maximum absolute atomic E-state index is 12.3. The number of unbranched alkanes of at least 4 members (excludes halogenated alkanes) is 7. The van der Waals surface area contributed by atoms with E-state index in [4.69, 9.17) is 9.94 Å². The summed E-state index contributed by atoms with van der Waals surface area (Å²) in [5.74, 6) is 0.135. The molecule has 1 fully saturated rings. The van der Waals surface area contributed by atoms with Gasteiger partial charge < -0.3 is 10.4 Å². The Bertz CT molecular complexity index is 420. The quantitative estimate of drug-likeness (QED) is 0.406. The highest BCUT2D eigenvalue weighted by atomic mass is 16.7. The molecule has 5 nitrogen and oxygen atoms in total. The zero-order chi connectivity index (χ0) is 21.0. The third kappa shape index (κ3) is 9.23. The van der Waals surface area contributed by atoms with Crippen LogP contribution < -0.4 is 5.32 Å². The first-order chi connectivity index (χ1) is 13.2. The Hall–Kier alpha value is -0.650. The van der Waals surface area contributed by atoms with E-state index >= 15 is 0 Å². The van der Waals surface area contributed by atoms with Gasteiger partial charge in [-0.1, -0.05) is 45.4 Å². The molecule has 1 aliphatic rings. The molecule has 1 heterocycles. The van der Waals surface area contributed by atoms with Gasteiger partial charge in [0, 0.05) is 30.1 Å². The highest BCUT2D eigenvalue weighted by molar-refractivity contribution is 5.76. The zero-order valence-electron chi connectivity index (χ0n) is 19.2. The smallest absolute Gasteiger partial charge is 0.220 e. The summed E-state index contributed by atoms with van der Waals surface area (Å²) in [6, 6.07) is 0.184. The molecule has 0 saturated carbocycles. The molecule has 1 rings (SSSR count).